The molecule has 2 rings (SSSR count). The quantitative estimate of drug-likeness (QED) is 0.400. The third-order valence-electron chi connectivity index (χ3n) is 4.92. The summed E-state index contributed by atoms with van der Waals surface area (Å²) in [5, 5.41) is 0. The van der Waals surface area contributed by atoms with Gasteiger partial charge in [0.1, 0.15) is 31.3 Å². The minimum absolute atomic E-state index is 0. The zero-order valence-electron chi connectivity index (χ0n) is 15.6. The number of rotatable bonds is 10. The molecule has 0 aliphatic rings. The zero-order chi connectivity index (χ0) is 17.3. The van der Waals surface area contributed by atoms with E-state index in [1.165, 1.54) is 5.56 Å². The molecule has 4 heteroatoms. The summed E-state index contributed by atoms with van der Waals surface area (Å²) in [6, 6.07) is 18.1. The first kappa shape index (κ1) is 21.8. The van der Waals surface area contributed by atoms with Crippen LogP contribution in [-0.4, -0.2) is 37.3 Å². The molecule has 0 heterocycles. The molecular weight excluding hydrogens is 425 g/mol. The Labute approximate surface area is 169 Å². The average Bonchev–Trinajstić information content (AvgIpc) is 2.66. The molecule has 0 amide bonds. The van der Waals surface area contributed by atoms with E-state index in [0.29, 0.717) is 6.61 Å². The van der Waals surface area contributed by atoms with E-state index >= 15 is 0 Å². The second-order valence-electron chi connectivity index (χ2n) is 6.11. The van der Waals surface area contributed by atoms with Crippen molar-refractivity contribution in [1.82, 2.24) is 0 Å². The van der Waals surface area contributed by atoms with Gasteiger partial charge in [0.25, 0.3) is 0 Å². The van der Waals surface area contributed by atoms with Crippen molar-refractivity contribution >= 4 is 0 Å². The Morgan fingerprint density at radius 2 is 1.24 bits per heavy atom. The Bertz CT molecular complexity index is 574. The molecule has 0 fully saturated rings. The standard InChI is InChI=1S/C21H30NO2.HI/c1-4-22(5-2,6-3)16-17-23-20-12-14-21(15-13-20)24-18-19-10-8-7-9-11-19;/h7-15H,4-6,16-18H2,1-3H3;1H/q+1;/p-1. The van der Waals surface area contributed by atoms with E-state index in [0.717, 1.165) is 48.8 Å². The van der Waals surface area contributed by atoms with E-state index in [1.54, 1.807) is 0 Å². The van der Waals surface area contributed by atoms with Crippen molar-refractivity contribution in [2.24, 2.45) is 0 Å². The van der Waals surface area contributed by atoms with Gasteiger partial charge < -0.3 is 37.9 Å². The van der Waals surface area contributed by atoms with Crippen molar-refractivity contribution in [3.8, 4) is 11.5 Å². The molecular formula is C21H30INO2. The van der Waals surface area contributed by atoms with Gasteiger partial charge in [0.05, 0.1) is 19.6 Å². The number of hydrogen-bond acceptors (Lipinski definition) is 2. The van der Waals surface area contributed by atoms with Gasteiger partial charge in [-0.1, -0.05) is 30.3 Å². The van der Waals surface area contributed by atoms with E-state index in [1.807, 2.05) is 42.5 Å². The summed E-state index contributed by atoms with van der Waals surface area (Å²) in [4.78, 5) is 0. The van der Waals surface area contributed by atoms with E-state index in [4.69, 9.17) is 9.47 Å². The van der Waals surface area contributed by atoms with Crippen LogP contribution in [0.5, 0.6) is 11.5 Å². The lowest BCUT2D eigenvalue weighted by Gasteiger charge is -2.35. The minimum Gasteiger partial charge on any atom is -1.00 e. The van der Waals surface area contributed by atoms with Crippen LogP contribution in [0.15, 0.2) is 54.6 Å². The fourth-order valence-electron chi connectivity index (χ4n) is 2.88. The number of halogens is 1. The predicted octanol–water partition coefficient (Wildman–Crippen LogP) is 1.52. The molecule has 0 bridgehead atoms. The summed E-state index contributed by atoms with van der Waals surface area (Å²) in [6.07, 6.45) is 0. The maximum Gasteiger partial charge on any atom is 0.137 e. The van der Waals surface area contributed by atoms with Crippen LogP contribution in [0.1, 0.15) is 26.3 Å². The topological polar surface area (TPSA) is 18.5 Å². The van der Waals surface area contributed by atoms with Gasteiger partial charge >= 0.3 is 0 Å². The van der Waals surface area contributed by atoms with Crippen molar-refractivity contribution in [2.75, 3.05) is 32.8 Å². The van der Waals surface area contributed by atoms with Crippen LogP contribution in [0.3, 0.4) is 0 Å². The highest BCUT2D eigenvalue weighted by Crippen LogP contribution is 2.19. The molecule has 0 N–H and O–H groups in total. The van der Waals surface area contributed by atoms with Gasteiger partial charge in [-0.3, -0.25) is 0 Å². The monoisotopic (exact) mass is 455 g/mol. The first-order chi connectivity index (χ1) is 11.7. The summed E-state index contributed by atoms with van der Waals surface area (Å²) in [5.41, 5.74) is 1.17. The molecule has 2 aromatic rings. The van der Waals surface area contributed by atoms with Gasteiger partial charge in [-0.15, -0.1) is 0 Å². The van der Waals surface area contributed by atoms with Crippen molar-refractivity contribution in [1.29, 1.82) is 0 Å². The van der Waals surface area contributed by atoms with Gasteiger partial charge in [0, 0.05) is 0 Å². The highest BCUT2D eigenvalue weighted by Gasteiger charge is 2.20. The minimum atomic E-state index is 0. The van der Waals surface area contributed by atoms with Gasteiger partial charge in [-0.05, 0) is 50.6 Å². The summed E-state index contributed by atoms with van der Waals surface area (Å²) < 4.78 is 12.8. The Kier molecular flexibility index (Phi) is 9.90. The molecule has 0 aliphatic heterocycles. The first-order valence-corrected chi connectivity index (χ1v) is 8.96. The third kappa shape index (κ3) is 6.86. The second-order valence-corrected chi connectivity index (χ2v) is 6.11. The van der Waals surface area contributed by atoms with Crippen molar-refractivity contribution in [3.05, 3.63) is 60.2 Å². The van der Waals surface area contributed by atoms with E-state index < -0.39 is 0 Å². The summed E-state index contributed by atoms with van der Waals surface area (Å²) in [7, 11) is 0. The highest BCUT2D eigenvalue weighted by atomic mass is 127. The molecule has 0 atom stereocenters. The number of nitrogens with zero attached hydrogens (tertiary/aromatic N) is 1. The van der Waals surface area contributed by atoms with Gasteiger partial charge in [0.2, 0.25) is 0 Å². The van der Waals surface area contributed by atoms with Crippen LogP contribution >= 0.6 is 0 Å². The maximum atomic E-state index is 5.91. The van der Waals surface area contributed by atoms with Crippen LogP contribution in [0.4, 0.5) is 0 Å². The lowest BCUT2D eigenvalue weighted by molar-refractivity contribution is -0.923. The molecule has 0 spiro atoms. The van der Waals surface area contributed by atoms with Crippen LogP contribution < -0.4 is 33.5 Å². The van der Waals surface area contributed by atoms with Gasteiger partial charge in [-0.2, -0.15) is 0 Å². The van der Waals surface area contributed by atoms with Crippen LogP contribution in [0, 0.1) is 0 Å². The molecule has 0 saturated carbocycles. The largest absolute Gasteiger partial charge is 1.00 e. The Hall–Kier alpha value is -1.27. The Morgan fingerprint density at radius 3 is 1.76 bits per heavy atom. The van der Waals surface area contributed by atoms with Crippen molar-refractivity contribution in [3.63, 3.8) is 0 Å². The van der Waals surface area contributed by atoms with Gasteiger partial charge in [0.15, 0.2) is 0 Å². The lowest BCUT2D eigenvalue weighted by atomic mass is 10.2. The first-order valence-electron chi connectivity index (χ1n) is 8.96. The normalized spacial score (nSPS) is 10.8. The summed E-state index contributed by atoms with van der Waals surface area (Å²) >= 11 is 0. The van der Waals surface area contributed by atoms with E-state index in [2.05, 4.69) is 32.9 Å². The molecule has 0 aliphatic carbocycles. The number of benzene rings is 2. The van der Waals surface area contributed by atoms with E-state index in [9.17, 15) is 0 Å². The molecule has 2 aromatic carbocycles. The summed E-state index contributed by atoms with van der Waals surface area (Å²) in [6.45, 7) is 12.6. The number of hydrogen-bond donors (Lipinski definition) is 0. The summed E-state index contributed by atoms with van der Waals surface area (Å²) in [5.74, 6) is 1.77. The van der Waals surface area contributed by atoms with Crippen LogP contribution in [-0.2, 0) is 6.61 Å². The molecule has 0 radical (unpaired) electrons. The predicted molar refractivity (Wildman–Crippen MR) is 99.5 cm³/mol. The molecule has 138 valence electrons. The fraction of sp³-hybridized carbons (Fsp3) is 0.429. The lowest BCUT2D eigenvalue weighted by Crippen LogP contribution is -3.00. The molecule has 25 heavy (non-hydrogen) atoms. The second kappa shape index (κ2) is 11.4. The van der Waals surface area contributed by atoms with E-state index in [-0.39, 0.29) is 24.0 Å². The highest BCUT2D eigenvalue weighted by molar-refractivity contribution is 5.31. The SMILES string of the molecule is CC[N+](CC)(CC)CCOc1ccc(OCc2ccccc2)cc1.[I-]. The zero-order valence-corrected chi connectivity index (χ0v) is 17.7. The Morgan fingerprint density at radius 1 is 0.720 bits per heavy atom. The third-order valence-corrected chi connectivity index (χ3v) is 4.92. The van der Waals surface area contributed by atoms with Gasteiger partial charge in [-0.25, -0.2) is 0 Å². The van der Waals surface area contributed by atoms with Crippen LogP contribution in [0.2, 0.25) is 0 Å². The smallest absolute Gasteiger partial charge is 0.137 e. The fourth-order valence-corrected chi connectivity index (χ4v) is 2.88. The average molecular weight is 455 g/mol. The maximum absolute atomic E-state index is 5.91. The van der Waals surface area contributed by atoms with Crippen molar-refractivity contribution < 1.29 is 37.9 Å². The molecule has 3 nitrogen and oxygen atoms in total. The molecule has 0 unspecified atom stereocenters. The number of likely N-dealkylation sites (N-methyl/N-ethyl adjacent to an activating group) is 1. The number of ether oxygens (including phenoxy) is 2. The Balaban J connectivity index is 0.00000312. The van der Waals surface area contributed by atoms with Crippen molar-refractivity contribution in [2.45, 2.75) is 27.4 Å². The molecule has 0 saturated heterocycles. The molecule has 0 aromatic heterocycles. The van der Waals surface area contributed by atoms with Crippen LogP contribution in [0.25, 0.3) is 0 Å². The number of quaternary nitrogens is 1.